The third-order valence-electron chi connectivity index (χ3n) is 11.0. The van der Waals surface area contributed by atoms with E-state index in [1.807, 2.05) is 0 Å². The molecule has 0 radical (unpaired) electrons. The molecule has 5 rings (SSSR count). The van der Waals surface area contributed by atoms with Crippen molar-refractivity contribution in [2.45, 2.75) is 133 Å². The van der Waals surface area contributed by atoms with Gasteiger partial charge in [0.2, 0.25) is 17.4 Å². The van der Waals surface area contributed by atoms with E-state index in [0.717, 1.165) is 0 Å². The van der Waals surface area contributed by atoms with Crippen LogP contribution in [-0.2, 0) is 37.9 Å². The first-order valence-electron chi connectivity index (χ1n) is 17.5. The molecule has 5 saturated heterocycles. The Hall–Kier alpha value is -1.04. The second-order valence-corrected chi connectivity index (χ2v) is 14.3. The summed E-state index contributed by atoms with van der Waals surface area (Å²) in [6.45, 7) is -8.70. The molecule has 26 nitrogen and oxygen atoms in total. The van der Waals surface area contributed by atoms with Crippen LogP contribution >= 0.6 is 0 Å². The van der Waals surface area contributed by atoms with Gasteiger partial charge >= 0.3 is 0 Å². The van der Waals surface area contributed by atoms with Crippen molar-refractivity contribution in [1.29, 1.82) is 0 Å². The van der Waals surface area contributed by atoms with Gasteiger partial charge < -0.3 is 130 Å². The van der Waals surface area contributed by atoms with Crippen LogP contribution in [0.15, 0.2) is 0 Å². The van der Waals surface area contributed by atoms with Gasteiger partial charge in [0.25, 0.3) is 0 Å². The fourth-order valence-electron chi connectivity index (χ4n) is 7.57. The lowest BCUT2D eigenvalue weighted by Crippen LogP contribution is -2.69. The smallest absolute Gasteiger partial charge is 0.227 e. The van der Waals surface area contributed by atoms with Crippen LogP contribution in [0.5, 0.6) is 0 Å². The summed E-state index contributed by atoms with van der Waals surface area (Å²) in [5.74, 6) is -8.37. The summed E-state index contributed by atoms with van der Waals surface area (Å²) in [5, 5.41) is 189. The molecule has 0 spiro atoms. The third-order valence-corrected chi connectivity index (χ3v) is 11.0. The first kappa shape index (κ1) is 46.0. The van der Waals surface area contributed by atoms with Crippen LogP contribution < -0.4 is 0 Å². The van der Waals surface area contributed by atoms with Crippen molar-refractivity contribution in [2.24, 2.45) is 0 Å². The lowest BCUT2D eigenvalue weighted by atomic mass is 9.82. The van der Waals surface area contributed by atoms with Crippen molar-refractivity contribution in [3.05, 3.63) is 0 Å². The molecule has 26 heteroatoms. The zero-order chi connectivity index (χ0) is 41.7. The molecular weight excluding hydrogens is 776 g/mol. The number of aliphatic hydroxyl groups is 18. The van der Waals surface area contributed by atoms with Crippen LogP contribution in [0, 0.1) is 0 Å². The summed E-state index contributed by atoms with van der Waals surface area (Å²) in [5.41, 5.74) is -2.73. The van der Waals surface area contributed by atoms with E-state index >= 15 is 0 Å². The van der Waals surface area contributed by atoms with E-state index in [0.29, 0.717) is 0 Å². The minimum Gasteiger partial charge on any atom is -0.394 e. The fraction of sp³-hybridized carbons (Fsp3) is 1.00. The van der Waals surface area contributed by atoms with Gasteiger partial charge in [-0.25, -0.2) is 0 Å². The standard InChI is InChI=1S/C30H52O26/c31-1-9-15(38)21(44)27(6-35,52-9)26(48)30(24(47)18(41)12(4-34)55-30)49-5-13-14(37)19(42)20(43)25(51-13)56-29(23(46)17(40)11(3-33)54-29)8-50-28(7-36)22(45)16(39)10(2-32)53-28/h9-26,31-48H,1-8H2/t9-,10-,11-,12-,13-,14-,15-,16-,17-,18-,19+,20-,21+,22+,23+,24+,25-,26?,27-,28-,29+,30+/m1/s1. The third kappa shape index (κ3) is 7.40. The molecule has 0 aromatic carbocycles. The van der Waals surface area contributed by atoms with E-state index in [1.54, 1.807) is 0 Å². The summed E-state index contributed by atoms with van der Waals surface area (Å²) >= 11 is 0. The monoisotopic (exact) mass is 828 g/mol. The predicted molar refractivity (Wildman–Crippen MR) is 167 cm³/mol. The maximum atomic E-state index is 11.6. The Morgan fingerprint density at radius 3 is 1.43 bits per heavy atom. The van der Waals surface area contributed by atoms with E-state index < -0.39 is 186 Å². The highest BCUT2D eigenvalue weighted by Gasteiger charge is 2.70. The quantitative estimate of drug-likeness (QED) is 0.0687. The molecule has 0 aliphatic carbocycles. The Balaban J connectivity index is 1.43. The highest BCUT2D eigenvalue weighted by Crippen LogP contribution is 2.46. The molecule has 5 heterocycles. The summed E-state index contributed by atoms with van der Waals surface area (Å²) in [7, 11) is 0. The summed E-state index contributed by atoms with van der Waals surface area (Å²) < 4.78 is 44.4. The van der Waals surface area contributed by atoms with Crippen molar-refractivity contribution >= 4 is 0 Å². The molecule has 5 aliphatic heterocycles. The van der Waals surface area contributed by atoms with Crippen molar-refractivity contribution in [2.75, 3.05) is 52.9 Å². The lowest BCUT2D eigenvalue weighted by Gasteiger charge is -2.47. The predicted octanol–water partition coefficient (Wildman–Crippen LogP) is -12.5. The molecule has 5 fully saturated rings. The van der Waals surface area contributed by atoms with Crippen molar-refractivity contribution < 1.29 is 130 Å². The number of ether oxygens (including phenoxy) is 8. The van der Waals surface area contributed by atoms with Crippen molar-refractivity contribution in [3.8, 4) is 0 Å². The first-order chi connectivity index (χ1) is 26.3. The van der Waals surface area contributed by atoms with E-state index in [-0.39, 0.29) is 0 Å². The Morgan fingerprint density at radius 2 is 0.946 bits per heavy atom. The first-order valence-corrected chi connectivity index (χ1v) is 17.5. The second kappa shape index (κ2) is 17.5. The molecule has 18 N–H and O–H groups in total. The average molecular weight is 829 g/mol. The summed E-state index contributed by atoms with van der Waals surface area (Å²) in [6.07, 6.45) is -36.7. The van der Waals surface area contributed by atoms with Gasteiger partial charge in [0.05, 0.1) is 39.6 Å². The number of hydrogen-bond donors (Lipinski definition) is 18. The zero-order valence-corrected chi connectivity index (χ0v) is 29.4. The van der Waals surface area contributed by atoms with Crippen molar-refractivity contribution in [1.82, 2.24) is 0 Å². The van der Waals surface area contributed by atoms with Crippen molar-refractivity contribution in [3.63, 3.8) is 0 Å². The maximum Gasteiger partial charge on any atom is 0.227 e. The van der Waals surface area contributed by atoms with E-state index in [2.05, 4.69) is 0 Å². The molecule has 1 unspecified atom stereocenters. The van der Waals surface area contributed by atoms with Crippen LogP contribution in [0.3, 0.4) is 0 Å². The Kier molecular flexibility index (Phi) is 14.4. The van der Waals surface area contributed by atoms with Crippen LogP contribution in [0.1, 0.15) is 0 Å². The Morgan fingerprint density at radius 1 is 0.464 bits per heavy atom. The molecule has 0 bridgehead atoms. The molecule has 5 aliphatic rings. The van der Waals surface area contributed by atoms with Gasteiger partial charge in [0.1, 0.15) is 117 Å². The van der Waals surface area contributed by atoms with E-state index in [9.17, 15) is 91.9 Å². The van der Waals surface area contributed by atoms with Gasteiger partial charge in [0, 0.05) is 0 Å². The highest BCUT2D eigenvalue weighted by atomic mass is 16.8. The molecule has 0 aromatic heterocycles. The van der Waals surface area contributed by atoms with Gasteiger partial charge in [-0.3, -0.25) is 0 Å². The van der Waals surface area contributed by atoms with Crippen LogP contribution in [0.2, 0.25) is 0 Å². The van der Waals surface area contributed by atoms with Gasteiger partial charge in [0.15, 0.2) is 11.9 Å². The highest BCUT2D eigenvalue weighted by molar-refractivity contribution is 5.14. The molecule has 0 amide bonds. The summed E-state index contributed by atoms with van der Waals surface area (Å²) in [6, 6.07) is 0. The Bertz CT molecular complexity index is 1290. The topological polar surface area (TPSA) is 438 Å². The second-order valence-electron chi connectivity index (χ2n) is 14.3. The molecule has 56 heavy (non-hydrogen) atoms. The van der Waals surface area contributed by atoms with Crippen LogP contribution in [0.4, 0.5) is 0 Å². The summed E-state index contributed by atoms with van der Waals surface area (Å²) in [4.78, 5) is 0. The normalized spacial score (nSPS) is 52.9. The maximum absolute atomic E-state index is 11.6. The van der Waals surface area contributed by atoms with Crippen LogP contribution in [0.25, 0.3) is 0 Å². The Labute approximate surface area is 315 Å². The van der Waals surface area contributed by atoms with Gasteiger partial charge in [-0.05, 0) is 0 Å². The van der Waals surface area contributed by atoms with E-state index in [1.165, 1.54) is 0 Å². The van der Waals surface area contributed by atoms with Gasteiger partial charge in [-0.2, -0.15) is 0 Å². The van der Waals surface area contributed by atoms with E-state index in [4.69, 9.17) is 37.9 Å². The van der Waals surface area contributed by atoms with Gasteiger partial charge in [-0.1, -0.05) is 0 Å². The lowest BCUT2D eigenvalue weighted by molar-refractivity contribution is -0.405. The fourth-order valence-corrected chi connectivity index (χ4v) is 7.57. The van der Waals surface area contributed by atoms with Gasteiger partial charge in [-0.15, -0.1) is 0 Å². The molecule has 0 saturated carbocycles. The zero-order valence-electron chi connectivity index (χ0n) is 29.4. The molecule has 22 atom stereocenters. The minimum atomic E-state index is -3.06. The molecule has 0 aromatic rings. The number of aliphatic hydroxyl groups excluding tert-OH is 18. The molecular formula is C30H52O26. The van der Waals surface area contributed by atoms with Crippen LogP contribution in [-0.4, -0.2) is 278 Å². The SMILES string of the molecule is OC[C@H]1O[C@@](CO)(OC[C@@]2(O[C@H]3O[C@H](CO[C@]4(C(O)[C@]5(CO)O[C@H](CO)[C@@H](O)[C@@H]5O)O[C@H](CO)[C@@H](O)[C@@H]4O)[C@@H](O)[C@H](O)[C@H]3O)O[C@H](CO)[C@@H](O)[C@@H]2O)[C@@H](O)[C@@H]1O. The molecule has 328 valence electrons. The largest absolute Gasteiger partial charge is 0.394 e. The number of hydrogen-bond acceptors (Lipinski definition) is 26. The number of rotatable bonds is 16. The minimum absolute atomic E-state index is 0.860. The average Bonchev–Trinajstić information content (AvgIpc) is 3.80.